The van der Waals surface area contributed by atoms with Crippen molar-refractivity contribution in [1.82, 2.24) is 14.7 Å². The summed E-state index contributed by atoms with van der Waals surface area (Å²) in [6, 6.07) is 1.94. The van der Waals surface area contributed by atoms with Gasteiger partial charge in [0.2, 0.25) is 0 Å². The molecule has 0 aliphatic carbocycles. The van der Waals surface area contributed by atoms with Crippen LogP contribution in [0.25, 0.3) is 0 Å². The van der Waals surface area contributed by atoms with E-state index in [1.54, 1.807) is 0 Å². The average Bonchev–Trinajstić information content (AvgIpc) is 3.16. The van der Waals surface area contributed by atoms with Crippen molar-refractivity contribution >= 4 is 17.3 Å². The monoisotopic (exact) mass is 319 g/mol. The summed E-state index contributed by atoms with van der Waals surface area (Å²) in [6.07, 6.45) is 6.37. The number of aromatic carboxylic acids is 1. The number of thiophene rings is 1. The third kappa shape index (κ3) is 3.23. The van der Waals surface area contributed by atoms with Crippen molar-refractivity contribution in [2.24, 2.45) is 0 Å². The quantitative estimate of drug-likeness (QED) is 0.920. The summed E-state index contributed by atoms with van der Waals surface area (Å²) in [7, 11) is 0. The van der Waals surface area contributed by atoms with Crippen molar-refractivity contribution in [1.29, 1.82) is 0 Å². The highest BCUT2D eigenvalue weighted by molar-refractivity contribution is 7.12. The van der Waals surface area contributed by atoms with Crippen LogP contribution in [0.4, 0.5) is 0 Å². The standard InChI is InChI=1S/C16H21N3O2S/c1-2-19-11-14(9-17-19)12-3-6-18(7-4-12)10-13-5-8-22-15(13)16(20)21/h5,8-9,11-12H,2-4,6-7,10H2,1H3,(H,20,21). The van der Waals surface area contributed by atoms with Gasteiger partial charge in [0.05, 0.1) is 6.20 Å². The van der Waals surface area contributed by atoms with E-state index in [1.165, 1.54) is 16.9 Å². The summed E-state index contributed by atoms with van der Waals surface area (Å²) in [5.41, 5.74) is 2.28. The zero-order chi connectivity index (χ0) is 15.5. The van der Waals surface area contributed by atoms with E-state index in [9.17, 15) is 9.90 Å². The topological polar surface area (TPSA) is 58.4 Å². The van der Waals surface area contributed by atoms with Crippen LogP contribution in [0.2, 0.25) is 0 Å². The second-order valence-electron chi connectivity index (χ2n) is 5.76. The Bertz CT molecular complexity index is 641. The summed E-state index contributed by atoms with van der Waals surface area (Å²) in [4.78, 5) is 14.0. The van der Waals surface area contributed by atoms with Crippen molar-refractivity contribution in [2.45, 2.75) is 38.8 Å². The second kappa shape index (κ2) is 6.62. The Morgan fingerprint density at radius 3 is 2.86 bits per heavy atom. The van der Waals surface area contributed by atoms with Gasteiger partial charge in [0.15, 0.2) is 0 Å². The van der Waals surface area contributed by atoms with Crippen molar-refractivity contribution in [3.05, 3.63) is 39.8 Å². The Morgan fingerprint density at radius 1 is 1.45 bits per heavy atom. The van der Waals surface area contributed by atoms with Gasteiger partial charge in [0.25, 0.3) is 0 Å². The van der Waals surface area contributed by atoms with Crippen LogP contribution in [0.15, 0.2) is 23.8 Å². The Balaban J connectivity index is 1.57. The first-order valence-corrected chi connectivity index (χ1v) is 8.59. The molecule has 3 rings (SSSR count). The summed E-state index contributed by atoms with van der Waals surface area (Å²) in [5.74, 6) is -0.232. The largest absolute Gasteiger partial charge is 0.477 e. The van der Waals surface area contributed by atoms with Gasteiger partial charge < -0.3 is 5.11 Å². The Hall–Kier alpha value is -1.66. The van der Waals surface area contributed by atoms with E-state index in [2.05, 4.69) is 23.1 Å². The molecular weight excluding hydrogens is 298 g/mol. The number of hydrogen-bond donors (Lipinski definition) is 1. The van der Waals surface area contributed by atoms with Crippen molar-refractivity contribution in [3.63, 3.8) is 0 Å². The van der Waals surface area contributed by atoms with Gasteiger partial charge in [-0.25, -0.2) is 4.79 Å². The minimum atomic E-state index is -0.813. The molecule has 0 amide bonds. The van der Waals surface area contributed by atoms with Gasteiger partial charge >= 0.3 is 5.97 Å². The zero-order valence-electron chi connectivity index (χ0n) is 12.7. The highest BCUT2D eigenvalue weighted by Gasteiger charge is 2.23. The van der Waals surface area contributed by atoms with Crippen molar-refractivity contribution in [3.8, 4) is 0 Å². The third-order valence-corrected chi connectivity index (χ3v) is 5.32. The van der Waals surface area contributed by atoms with E-state index < -0.39 is 5.97 Å². The van der Waals surface area contributed by atoms with Crippen molar-refractivity contribution in [2.75, 3.05) is 13.1 Å². The molecule has 0 aromatic carbocycles. The molecule has 1 aliphatic heterocycles. The molecule has 22 heavy (non-hydrogen) atoms. The summed E-state index contributed by atoms with van der Waals surface area (Å²) < 4.78 is 1.98. The van der Waals surface area contributed by atoms with Crippen LogP contribution in [-0.2, 0) is 13.1 Å². The fraction of sp³-hybridized carbons (Fsp3) is 0.500. The summed E-state index contributed by atoms with van der Waals surface area (Å²) in [5, 5.41) is 15.4. The molecule has 0 atom stereocenters. The van der Waals surface area contributed by atoms with Crippen molar-refractivity contribution < 1.29 is 9.90 Å². The summed E-state index contributed by atoms with van der Waals surface area (Å²) >= 11 is 1.31. The zero-order valence-corrected chi connectivity index (χ0v) is 13.6. The number of aryl methyl sites for hydroxylation is 1. The maximum absolute atomic E-state index is 11.2. The molecule has 3 heterocycles. The molecule has 2 aromatic rings. The lowest BCUT2D eigenvalue weighted by atomic mass is 9.91. The first-order chi connectivity index (χ1) is 10.7. The predicted molar refractivity (Wildman–Crippen MR) is 86.4 cm³/mol. The fourth-order valence-corrected chi connectivity index (χ4v) is 3.83. The van der Waals surface area contributed by atoms with Crippen LogP contribution in [0.5, 0.6) is 0 Å². The molecule has 2 aromatic heterocycles. The first kappa shape index (κ1) is 15.2. The van der Waals surface area contributed by atoms with E-state index in [0.29, 0.717) is 10.8 Å². The molecule has 0 bridgehead atoms. The van der Waals surface area contributed by atoms with Gasteiger partial charge in [-0.2, -0.15) is 5.10 Å². The lowest BCUT2D eigenvalue weighted by Crippen LogP contribution is -2.32. The lowest BCUT2D eigenvalue weighted by molar-refractivity contribution is 0.0699. The maximum Gasteiger partial charge on any atom is 0.346 e. The number of carboxylic acid groups (broad SMARTS) is 1. The third-order valence-electron chi connectivity index (χ3n) is 4.37. The van der Waals surface area contributed by atoms with Gasteiger partial charge in [-0.05, 0) is 61.3 Å². The van der Waals surface area contributed by atoms with E-state index in [1.807, 2.05) is 22.3 Å². The first-order valence-electron chi connectivity index (χ1n) is 7.71. The van der Waals surface area contributed by atoms with Gasteiger partial charge in [-0.15, -0.1) is 11.3 Å². The molecule has 118 valence electrons. The van der Waals surface area contributed by atoms with Crippen LogP contribution >= 0.6 is 11.3 Å². The highest BCUT2D eigenvalue weighted by atomic mass is 32.1. The average molecular weight is 319 g/mol. The maximum atomic E-state index is 11.2. The number of piperidine rings is 1. The van der Waals surface area contributed by atoms with E-state index in [-0.39, 0.29) is 0 Å². The van der Waals surface area contributed by atoms with Gasteiger partial charge in [0, 0.05) is 19.3 Å². The minimum Gasteiger partial charge on any atom is -0.477 e. The molecule has 1 aliphatic rings. The van der Waals surface area contributed by atoms with E-state index in [4.69, 9.17) is 0 Å². The Morgan fingerprint density at radius 2 is 2.23 bits per heavy atom. The number of nitrogens with zero attached hydrogens (tertiary/aromatic N) is 3. The Labute approximate surface area is 134 Å². The van der Waals surface area contributed by atoms with Gasteiger partial charge in [-0.3, -0.25) is 9.58 Å². The second-order valence-corrected chi connectivity index (χ2v) is 6.68. The number of aromatic nitrogens is 2. The number of carboxylic acids is 1. The smallest absolute Gasteiger partial charge is 0.346 e. The van der Waals surface area contributed by atoms with Gasteiger partial charge in [0.1, 0.15) is 4.88 Å². The SMILES string of the molecule is CCn1cc(C2CCN(Cc3ccsc3C(=O)O)CC2)cn1. The molecular formula is C16H21N3O2S. The molecule has 1 saturated heterocycles. The molecule has 0 radical (unpaired) electrons. The van der Waals surface area contributed by atoms with Crippen LogP contribution in [0.3, 0.4) is 0 Å². The van der Waals surface area contributed by atoms with Crippen LogP contribution < -0.4 is 0 Å². The molecule has 0 saturated carbocycles. The molecule has 1 N–H and O–H groups in total. The molecule has 0 spiro atoms. The summed E-state index contributed by atoms with van der Waals surface area (Å²) in [6.45, 7) is 5.77. The lowest BCUT2D eigenvalue weighted by Gasteiger charge is -2.31. The molecule has 6 heteroatoms. The number of rotatable bonds is 5. The minimum absolute atomic E-state index is 0.478. The number of hydrogen-bond acceptors (Lipinski definition) is 4. The van der Waals surface area contributed by atoms with E-state index >= 15 is 0 Å². The number of carbonyl (C=O) groups is 1. The molecule has 5 nitrogen and oxygen atoms in total. The van der Waals surface area contributed by atoms with Crippen LogP contribution in [-0.4, -0.2) is 38.8 Å². The van der Waals surface area contributed by atoms with E-state index in [0.717, 1.165) is 44.6 Å². The predicted octanol–water partition coefficient (Wildman–Crippen LogP) is 3.04. The fourth-order valence-electron chi connectivity index (χ4n) is 3.08. The van der Waals surface area contributed by atoms with Gasteiger partial charge in [-0.1, -0.05) is 0 Å². The number of likely N-dealkylation sites (tertiary alicyclic amines) is 1. The van der Waals surface area contributed by atoms with Crippen LogP contribution in [0, 0.1) is 0 Å². The molecule has 1 fully saturated rings. The highest BCUT2D eigenvalue weighted by Crippen LogP contribution is 2.29. The van der Waals surface area contributed by atoms with Crippen LogP contribution in [0.1, 0.15) is 46.5 Å². The molecule has 0 unspecified atom stereocenters. The normalized spacial score (nSPS) is 17.0. The Kier molecular flexibility index (Phi) is 4.59.